The number of ether oxygens (including phenoxy) is 2. The number of aromatic hydroxyl groups is 1. The van der Waals surface area contributed by atoms with Crippen molar-refractivity contribution in [2.75, 3.05) is 13.2 Å². The van der Waals surface area contributed by atoms with Gasteiger partial charge < -0.3 is 14.6 Å². The van der Waals surface area contributed by atoms with Crippen LogP contribution in [0.4, 0.5) is 0 Å². The fraction of sp³-hybridized carbons (Fsp3) is 0.333. The average Bonchev–Trinajstić information content (AvgIpc) is 2.49. The van der Waals surface area contributed by atoms with Gasteiger partial charge in [-0.2, -0.15) is 0 Å². The van der Waals surface area contributed by atoms with Gasteiger partial charge in [-0.15, -0.1) is 0 Å². The van der Waals surface area contributed by atoms with E-state index in [9.17, 15) is 0 Å². The number of rotatable bonds is 5. The molecule has 2 rings (SSSR count). The molecule has 0 aliphatic heterocycles. The first kappa shape index (κ1) is 17.2. The second-order valence-electron chi connectivity index (χ2n) is 4.49. The summed E-state index contributed by atoms with van der Waals surface area (Å²) in [5.74, 6) is 0.322. The maximum absolute atomic E-state index is 8.63. The molecular formula is C18H24O3. The van der Waals surface area contributed by atoms with Crippen LogP contribution in [0, 0.1) is 6.92 Å². The van der Waals surface area contributed by atoms with Gasteiger partial charge in [-0.25, -0.2) is 0 Å². The predicted octanol–water partition coefficient (Wildman–Crippen LogP) is 4.46. The molecule has 2 aromatic rings. The van der Waals surface area contributed by atoms with E-state index in [-0.39, 0.29) is 6.29 Å². The summed E-state index contributed by atoms with van der Waals surface area (Å²) in [6, 6.07) is 16.9. The first-order valence-electron chi connectivity index (χ1n) is 7.21. The molecule has 0 aromatic heterocycles. The quantitative estimate of drug-likeness (QED) is 0.826. The van der Waals surface area contributed by atoms with Crippen molar-refractivity contribution in [3.63, 3.8) is 0 Å². The van der Waals surface area contributed by atoms with E-state index in [2.05, 4.69) is 19.1 Å². The van der Waals surface area contributed by atoms with Gasteiger partial charge in [0.2, 0.25) is 0 Å². The van der Waals surface area contributed by atoms with Crippen molar-refractivity contribution < 1.29 is 14.6 Å². The van der Waals surface area contributed by atoms with Crippen LogP contribution in [-0.4, -0.2) is 18.3 Å². The molecule has 21 heavy (non-hydrogen) atoms. The van der Waals surface area contributed by atoms with E-state index in [4.69, 9.17) is 14.6 Å². The number of benzene rings is 2. The molecule has 3 nitrogen and oxygen atoms in total. The molecule has 0 bridgehead atoms. The number of hydrogen-bond donors (Lipinski definition) is 1. The molecule has 2 aromatic carbocycles. The molecule has 0 amide bonds. The average molecular weight is 288 g/mol. The van der Waals surface area contributed by atoms with E-state index < -0.39 is 0 Å². The van der Waals surface area contributed by atoms with Crippen molar-refractivity contribution in [2.24, 2.45) is 0 Å². The zero-order valence-electron chi connectivity index (χ0n) is 13.0. The van der Waals surface area contributed by atoms with E-state index in [1.807, 2.05) is 32.0 Å². The van der Waals surface area contributed by atoms with Crippen LogP contribution in [0.5, 0.6) is 5.75 Å². The number of hydrogen-bond acceptors (Lipinski definition) is 3. The van der Waals surface area contributed by atoms with E-state index in [1.165, 1.54) is 5.56 Å². The van der Waals surface area contributed by atoms with Crippen LogP contribution in [0.1, 0.15) is 31.3 Å². The van der Waals surface area contributed by atoms with Crippen LogP contribution < -0.4 is 0 Å². The van der Waals surface area contributed by atoms with Crippen LogP contribution in [-0.2, 0) is 9.47 Å². The molecular weight excluding hydrogens is 264 g/mol. The highest BCUT2D eigenvalue weighted by Gasteiger charge is 2.09. The Bertz CT molecular complexity index is 474. The van der Waals surface area contributed by atoms with Crippen LogP contribution in [0.15, 0.2) is 54.6 Å². The van der Waals surface area contributed by atoms with Crippen LogP contribution in [0.3, 0.4) is 0 Å². The highest BCUT2D eigenvalue weighted by Crippen LogP contribution is 2.19. The molecule has 114 valence electrons. The Labute approximate surface area is 127 Å². The normalized spacial score (nSPS) is 10.1. The van der Waals surface area contributed by atoms with Crippen molar-refractivity contribution in [1.29, 1.82) is 0 Å². The standard InChI is InChI=1S/C12H18O2.C6H6O/c1-4-13-12(14-5-2)11-8-6-10(3)7-9-11;7-6-4-2-1-3-5-6/h6-9,12H,4-5H2,1-3H3;1-5,7H. The summed E-state index contributed by atoms with van der Waals surface area (Å²) in [7, 11) is 0. The third kappa shape index (κ3) is 6.93. The summed E-state index contributed by atoms with van der Waals surface area (Å²) in [6.07, 6.45) is -0.217. The summed E-state index contributed by atoms with van der Waals surface area (Å²) >= 11 is 0. The van der Waals surface area contributed by atoms with Gasteiger partial charge in [0.1, 0.15) is 5.75 Å². The van der Waals surface area contributed by atoms with Gasteiger partial charge in [0.15, 0.2) is 6.29 Å². The summed E-state index contributed by atoms with van der Waals surface area (Å²) in [4.78, 5) is 0. The fourth-order valence-corrected chi connectivity index (χ4v) is 1.69. The minimum absolute atomic E-state index is 0.217. The first-order chi connectivity index (χ1) is 10.2. The second kappa shape index (κ2) is 9.97. The lowest BCUT2D eigenvalue weighted by Gasteiger charge is -2.17. The Hall–Kier alpha value is -1.84. The highest BCUT2D eigenvalue weighted by atomic mass is 16.7. The monoisotopic (exact) mass is 288 g/mol. The summed E-state index contributed by atoms with van der Waals surface area (Å²) in [6.45, 7) is 7.34. The van der Waals surface area contributed by atoms with Gasteiger partial charge in [-0.3, -0.25) is 0 Å². The van der Waals surface area contributed by atoms with Gasteiger partial charge >= 0.3 is 0 Å². The maximum atomic E-state index is 8.63. The van der Waals surface area contributed by atoms with Gasteiger partial charge in [0.25, 0.3) is 0 Å². The molecule has 0 radical (unpaired) electrons. The maximum Gasteiger partial charge on any atom is 0.183 e. The molecule has 0 saturated carbocycles. The second-order valence-corrected chi connectivity index (χ2v) is 4.49. The Morgan fingerprint density at radius 2 is 1.38 bits per heavy atom. The Kier molecular flexibility index (Phi) is 8.17. The van der Waals surface area contributed by atoms with Crippen molar-refractivity contribution in [1.82, 2.24) is 0 Å². The number of para-hydroxylation sites is 1. The number of phenols is 1. The van der Waals surface area contributed by atoms with Crippen LogP contribution in [0.25, 0.3) is 0 Å². The van der Waals surface area contributed by atoms with E-state index >= 15 is 0 Å². The van der Waals surface area contributed by atoms with Crippen molar-refractivity contribution in [3.8, 4) is 5.75 Å². The zero-order valence-corrected chi connectivity index (χ0v) is 13.0. The minimum Gasteiger partial charge on any atom is -0.508 e. The van der Waals surface area contributed by atoms with Crippen LogP contribution >= 0.6 is 0 Å². The van der Waals surface area contributed by atoms with Crippen molar-refractivity contribution in [3.05, 3.63) is 65.7 Å². The number of phenolic OH excluding ortho intramolecular Hbond substituents is 1. The Morgan fingerprint density at radius 1 is 0.857 bits per heavy atom. The van der Waals surface area contributed by atoms with Crippen LogP contribution in [0.2, 0.25) is 0 Å². The van der Waals surface area contributed by atoms with Gasteiger partial charge in [-0.05, 0) is 32.9 Å². The SMILES string of the molecule is CCOC(OCC)c1ccc(C)cc1.Oc1ccccc1. The van der Waals surface area contributed by atoms with E-state index in [0.717, 1.165) is 5.56 Å². The lowest BCUT2D eigenvalue weighted by molar-refractivity contribution is -0.140. The smallest absolute Gasteiger partial charge is 0.183 e. The third-order valence-corrected chi connectivity index (χ3v) is 2.74. The number of aryl methyl sites for hydroxylation is 1. The molecule has 0 fully saturated rings. The van der Waals surface area contributed by atoms with Gasteiger partial charge in [0.05, 0.1) is 0 Å². The summed E-state index contributed by atoms with van der Waals surface area (Å²) in [5.41, 5.74) is 2.33. The highest BCUT2D eigenvalue weighted by molar-refractivity contribution is 5.22. The molecule has 0 spiro atoms. The van der Waals surface area contributed by atoms with Crippen molar-refractivity contribution in [2.45, 2.75) is 27.1 Å². The molecule has 0 heterocycles. The molecule has 0 aliphatic rings. The third-order valence-electron chi connectivity index (χ3n) is 2.74. The Balaban J connectivity index is 0.000000262. The molecule has 3 heteroatoms. The van der Waals surface area contributed by atoms with E-state index in [0.29, 0.717) is 19.0 Å². The summed E-state index contributed by atoms with van der Waals surface area (Å²) in [5, 5.41) is 8.63. The summed E-state index contributed by atoms with van der Waals surface area (Å²) < 4.78 is 11.0. The minimum atomic E-state index is -0.217. The lowest BCUT2D eigenvalue weighted by Crippen LogP contribution is -2.08. The lowest BCUT2D eigenvalue weighted by atomic mass is 10.1. The van der Waals surface area contributed by atoms with Gasteiger partial charge in [0, 0.05) is 18.8 Å². The molecule has 0 saturated heterocycles. The largest absolute Gasteiger partial charge is 0.508 e. The van der Waals surface area contributed by atoms with E-state index in [1.54, 1.807) is 24.3 Å². The molecule has 0 unspecified atom stereocenters. The fourth-order valence-electron chi connectivity index (χ4n) is 1.69. The van der Waals surface area contributed by atoms with Gasteiger partial charge in [-0.1, -0.05) is 48.0 Å². The topological polar surface area (TPSA) is 38.7 Å². The Morgan fingerprint density at radius 3 is 1.76 bits per heavy atom. The molecule has 1 N–H and O–H groups in total. The first-order valence-corrected chi connectivity index (χ1v) is 7.21. The predicted molar refractivity (Wildman–Crippen MR) is 85.3 cm³/mol. The molecule has 0 atom stereocenters. The molecule has 0 aliphatic carbocycles. The zero-order chi connectivity index (χ0) is 15.5. The van der Waals surface area contributed by atoms with Crippen molar-refractivity contribution >= 4 is 0 Å².